The third kappa shape index (κ3) is 3.58. The van der Waals surface area contributed by atoms with Crippen LogP contribution in [0.2, 0.25) is 0 Å². The van der Waals surface area contributed by atoms with Crippen LogP contribution in [0.4, 0.5) is 4.39 Å². The van der Waals surface area contributed by atoms with E-state index in [2.05, 4.69) is 6.07 Å². The van der Waals surface area contributed by atoms with Crippen LogP contribution in [-0.2, 0) is 6.42 Å². The van der Waals surface area contributed by atoms with Gasteiger partial charge in [0.2, 0.25) is 0 Å². The third-order valence-electron chi connectivity index (χ3n) is 3.11. The molecule has 3 heteroatoms. The molecule has 0 amide bonds. The molecule has 1 atom stereocenters. The van der Waals surface area contributed by atoms with Crippen LogP contribution < -0.4 is 10.5 Å². The number of benzene rings is 2. The minimum atomic E-state index is -0.255. The number of halogens is 1. The molecule has 0 saturated heterocycles. The van der Waals surface area contributed by atoms with Gasteiger partial charge in [-0.05, 0) is 62.6 Å². The summed E-state index contributed by atoms with van der Waals surface area (Å²) < 4.78 is 19.0. The zero-order chi connectivity index (χ0) is 14.7. The molecule has 0 aromatic heterocycles. The van der Waals surface area contributed by atoms with E-state index in [9.17, 15) is 4.39 Å². The van der Waals surface area contributed by atoms with E-state index in [0.29, 0.717) is 5.75 Å². The zero-order valence-electron chi connectivity index (χ0n) is 12.1. The number of rotatable bonds is 4. The maximum atomic E-state index is 13.1. The van der Waals surface area contributed by atoms with Gasteiger partial charge in [0.15, 0.2) is 0 Å². The molecule has 0 fully saturated rings. The molecule has 0 aliphatic heterocycles. The highest BCUT2D eigenvalue weighted by Gasteiger charge is 2.09. The summed E-state index contributed by atoms with van der Waals surface area (Å²) in [7, 11) is 0. The van der Waals surface area contributed by atoms with Gasteiger partial charge >= 0.3 is 0 Å². The van der Waals surface area contributed by atoms with Crippen LogP contribution in [0.25, 0.3) is 0 Å². The first-order valence-corrected chi connectivity index (χ1v) is 6.75. The summed E-state index contributed by atoms with van der Waals surface area (Å²) in [4.78, 5) is 0. The normalized spacial score (nSPS) is 12.2. The second kappa shape index (κ2) is 6.06. The Balaban J connectivity index is 2.32. The van der Waals surface area contributed by atoms with Crippen molar-refractivity contribution in [3.05, 3.63) is 58.9 Å². The van der Waals surface area contributed by atoms with Crippen molar-refractivity contribution in [2.75, 3.05) is 0 Å². The Kier molecular flexibility index (Phi) is 4.40. The Morgan fingerprint density at radius 3 is 2.45 bits per heavy atom. The van der Waals surface area contributed by atoms with Crippen LogP contribution in [0.15, 0.2) is 36.4 Å². The summed E-state index contributed by atoms with van der Waals surface area (Å²) in [5.41, 5.74) is 8.90. The highest BCUT2D eigenvalue weighted by molar-refractivity contribution is 5.43. The van der Waals surface area contributed by atoms with Crippen molar-refractivity contribution in [3.63, 3.8) is 0 Å². The van der Waals surface area contributed by atoms with Gasteiger partial charge in [0.05, 0.1) is 0 Å². The molecule has 2 rings (SSSR count). The van der Waals surface area contributed by atoms with Crippen LogP contribution in [0, 0.1) is 19.7 Å². The second-order valence-electron chi connectivity index (χ2n) is 5.30. The van der Waals surface area contributed by atoms with Gasteiger partial charge in [-0.25, -0.2) is 4.39 Å². The molecular weight excluding hydrogens is 253 g/mol. The van der Waals surface area contributed by atoms with E-state index in [0.717, 1.165) is 23.3 Å². The zero-order valence-corrected chi connectivity index (χ0v) is 12.1. The predicted octanol–water partition coefficient (Wildman–Crippen LogP) is 4.12. The van der Waals surface area contributed by atoms with E-state index in [1.54, 1.807) is 6.07 Å². The van der Waals surface area contributed by atoms with E-state index in [1.165, 1.54) is 17.7 Å². The molecule has 20 heavy (non-hydrogen) atoms. The van der Waals surface area contributed by atoms with Crippen LogP contribution >= 0.6 is 0 Å². The largest absolute Gasteiger partial charge is 0.457 e. The number of ether oxygens (including phenoxy) is 1. The van der Waals surface area contributed by atoms with Gasteiger partial charge in [0, 0.05) is 6.04 Å². The second-order valence-corrected chi connectivity index (χ2v) is 5.30. The molecule has 0 spiro atoms. The van der Waals surface area contributed by atoms with Gasteiger partial charge < -0.3 is 10.5 Å². The lowest BCUT2D eigenvalue weighted by Gasteiger charge is -2.15. The molecule has 1 unspecified atom stereocenters. The highest BCUT2D eigenvalue weighted by atomic mass is 19.1. The van der Waals surface area contributed by atoms with Crippen LogP contribution in [-0.4, -0.2) is 6.04 Å². The first-order valence-electron chi connectivity index (χ1n) is 6.75. The van der Waals surface area contributed by atoms with Gasteiger partial charge in [0.25, 0.3) is 0 Å². The highest BCUT2D eigenvalue weighted by Crippen LogP contribution is 2.29. The molecule has 0 heterocycles. The average Bonchev–Trinajstić information content (AvgIpc) is 2.34. The molecule has 0 bridgehead atoms. The third-order valence-corrected chi connectivity index (χ3v) is 3.11. The Labute approximate surface area is 119 Å². The molecule has 2 aromatic carbocycles. The fourth-order valence-electron chi connectivity index (χ4n) is 2.16. The van der Waals surface area contributed by atoms with Crippen molar-refractivity contribution in [1.29, 1.82) is 0 Å². The molecule has 2 N–H and O–H groups in total. The van der Waals surface area contributed by atoms with Crippen molar-refractivity contribution in [2.24, 2.45) is 5.73 Å². The number of hydrogen-bond donors (Lipinski definition) is 1. The minimum Gasteiger partial charge on any atom is -0.457 e. The van der Waals surface area contributed by atoms with Gasteiger partial charge in [0.1, 0.15) is 17.3 Å². The summed E-state index contributed by atoms with van der Waals surface area (Å²) in [6.07, 6.45) is 0.747. The number of aryl methyl sites for hydroxylation is 2. The fraction of sp³-hybridized carbons (Fsp3) is 0.294. The van der Waals surface area contributed by atoms with E-state index in [4.69, 9.17) is 10.5 Å². The van der Waals surface area contributed by atoms with Gasteiger partial charge in [-0.15, -0.1) is 0 Å². The van der Waals surface area contributed by atoms with Crippen molar-refractivity contribution < 1.29 is 9.13 Å². The smallest absolute Gasteiger partial charge is 0.130 e. The van der Waals surface area contributed by atoms with E-state index < -0.39 is 0 Å². The number of nitrogens with two attached hydrogens (primary N) is 1. The molecule has 2 aromatic rings. The summed E-state index contributed by atoms with van der Waals surface area (Å²) in [5, 5.41) is 0. The Bertz CT molecular complexity index is 608. The van der Waals surface area contributed by atoms with Crippen LogP contribution in [0.3, 0.4) is 0 Å². The van der Waals surface area contributed by atoms with Crippen LogP contribution in [0.5, 0.6) is 11.5 Å². The summed E-state index contributed by atoms with van der Waals surface area (Å²) in [6, 6.07) is 10.6. The van der Waals surface area contributed by atoms with Gasteiger partial charge in [-0.2, -0.15) is 0 Å². The van der Waals surface area contributed by atoms with Crippen LogP contribution in [0.1, 0.15) is 23.6 Å². The number of hydrogen-bond acceptors (Lipinski definition) is 2. The SMILES string of the molecule is Cc1ccc(Oc2ccc(F)cc2C)c(CC(C)N)c1. The molecule has 2 nitrogen and oxygen atoms in total. The first kappa shape index (κ1) is 14.5. The van der Waals surface area contributed by atoms with E-state index in [-0.39, 0.29) is 11.9 Å². The van der Waals surface area contributed by atoms with E-state index in [1.807, 2.05) is 32.9 Å². The molecule has 0 radical (unpaired) electrons. The lowest BCUT2D eigenvalue weighted by molar-refractivity contribution is 0.468. The predicted molar refractivity (Wildman–Crippen MR) is 79.7 cm³/mol. The molecule has 0 aliphatic carbocycles. The lowest BCUT2D eigenvalue weighted by atomic mass is 10.0. The maximum absolute atomic E-state index is 13.1. The molecule has 0 aliphatic rings. The lowest BCUT2D eigenvalue weighted by Crippen LogP contribution is -2.18. The van der Waals surface area contributed by atoms with Gasteiger partial charge in [-0.1, -0.05) is 17.7 Å². The monoisotopic (exact) mass is 273 g/mol. The summed E-state index contributed by atoms with van der Waals surface area (Å²) >= 11 is 0. The maximum Gasteiger partial charge on any atom is 0.130 e. The first-order chi connectivity index (χ1) is 9.45. The van der Waals surface area contributed by atoms with Crippen molar-refractivity contribution in [1.82, 2.24) is 0 Å². The molecule has 106 valence electrons. The van der Waals surface area contributed by atoms with Crippen molar-refractivity contribution in [2.45, 2.75) is 33.2 Å². The quantitative estimate of drug-likeness (QED) is 0.909. The van der Waals surface area contributed by atoms with Crippen molar-refractivity contribution in [3.8, 4) is 11.5 Å². The summed E-state index contributed by atoms with van der Waals surface area (Å²) in [6.45, 7) is 5.84. The Morgan fingerprint density at radius 2 is 1.80 bits per heavy atom. The molecule has 0 saturated carbocycles. The van der Waals surface area contributed by atoms with Crippen molar-refractivity contribution >= 4 is 0 Å². The molecular formula is C17H20FNO. The average molecular weight is 273 g/mol. The Morgan fingerprint density at radius 1 is 1.10 bits per heavy atom. The Hall–Kier alpha value is -1.87. The minimum absolute atomic E-state index is 0.0634. The fourth-order valence-corrected chi connectivity index (χ4v) is 2.16. The van der Waals surface area contributed by atoms with Gasteiger partial charge in [-0.3, -0.25) is 0 Å². The topological polar surface area (TPSA) is 35.2 Å². The summed E-state index contributed by atoms with van der Waals surface area (Å²) in [5.74, 6) is 1.19. The standard InChI is InChI=1S/C17H20FNO/c1-11-4-6-17(14(8-11)10-13(3)19)20-16-7-5-15(18)9-12(16)2/h4-9,13H,10,19H2,1-3H3. The van der Waals surface area contributed by atoms with E-state index >= 15 is 0 Å².